The maximum Gasteiger partial charge on any atom is 0.123 e. The van der Waals surface area contributed by atoms with Gasteiger partial charge in [0.25, 0.3) is 0 Å². The van der Waals surface area contributed by atoms with Gasteiger partial charge in [0.1, 0.15) is 18.1 Å². The number of para-hydroxylation sites is 1. The van der Waals surface area contributed by atoms with E-state index in [1.54, 1.807) is 7.11 Å². The van der Waals surface area contributed by atoms with Crippen molar-refractivity contribution >= 4 is 23.2 Å². The molecule has 3 nitrogen and oxygen atoms in total. The SMILES string of the molecule is COc1ccccc1CNCc1ccc(OCc2c(Cl)cccc2Cl)cc1. The van der Waals surface area contributed by atoms with Crippen LogP contribution in [0, 0.1) is 0 Å². The zero-order chi connectivity index (χ0) is 19.1. The second-order valence-electron chi connectivity index (χ2n) is 6.05. The fraction of sp³-hybridized carbons (Fsp3) is 0.182. The molecule has 0 bridgehead atoms. The highest BCUT2D eigenvalue weighted by Gasteiger charge is 2.06. The molecule has 0 fully saturated rings. The second kappa shape index (κ2) is 9.65. The number of ether oxygens (including phenoxy) is 2. The summed E-state index contributed by atoms with van der Waals surface area (Å²) in [6.07, 6.45) is 0. The molecular weight excluding hydrogens is 381 g/mol. The van der Waals surface area contributed by atoms with Gasteiger partial charge in [0.2, 0.25) is 0 Å². The van der Waals surface area contributed by atoms with Crippen LogP contribution < -0.4 is 14.8 Å². The van der Waals surface area contributed by atoms with Crippen molar-refractivity contribution in [1.29, 1.82) is 0 Å². The average molecular weight is 402 g/mol. The van der Waals surface area contributed by atoms with Crippen molar-refractivity contribution in [2.75, 3.05) is 7.11 Å². The molecule has 0 heterocycles. The molecule has 0 aromatic heterocycles. The summed E-state index contributed by atoms with van der Waals surface area (Å²) in [6.45, 7) is 1.84. The van der Waals surface area contributed by atoms with Gasteiger partial charge in [0.15, 0.2) is 0 Å². The van der Waals surface area contributed by atoms with Crippen LogP contribution in [0.2, 0.25) is 10.0 Å². The summed E-state index contributed by atoms with van der Waals surface area (Å²) in [7, 11) is 1.69. The number of nitrogens with one attached hydrogen (secondary N) is 1. The molecule has 0 spiro atoms. The summed E-state index contributed by atoms with van der Waals surface area (Å²) in [4.78, 5) is 0. The van der Waals surface area contributed by atoms with Crippen LogP contribution in [-0.4, -0.2) is 7.11 Å². The average Bonchev–Trinajstić information content (AvgIpc) is 2.69. The zero-order valence-electron chi connectivity index (χ0n) is 15.0. The molecule has 0 unspecified atom stereocenters. The first-order chi connectivity index (χ1) is 13.2. The van der Waals surface area contributed by atoms with Gasteiger partial charge in [-0.2, -0.15) is 0 Å². The number of rotatable bonds is 8. The van der Waals surface area contributed by atoms with Crippen LogP contribution in [0.15, 0.2) is 66.7 Å². The largest absolute Gasteiger partial charge is 0.496 e. The highest BCUT2D eigenvalue weighted by atomic mass is 35.5. The molecule has 27 heavy (non-hydrogen) atoms. The number of benzene rings is 3. The quantitative estimate of drug-likeness (QED) is 0.511. The fourth-order valence-corrected chi connectivity index (χ4v) is 3.23. The number of methoxy groups -OCH3 is 1. The van der Waals surface area contributed by atoms with E-state index in [4.69, 9.17) is 32.7 Å². The second-order valence-corrected chi connectivity index (χ2v) is 6.86. The highest BCUT2D eigenvalue weighted by Crippen LogP contribution is 2.26. The van der Waals surface area contributed by atoms with E-state index in [0.717, 1.165) is 35.7 Å². The zero-order valence-corrected chi connectivity index (χ0v) is 16.6. The van der Waals surface area contributed by atoms with Crippen LogP contribution in [-0.2, 0) is 19.7 Å². The topological polar surface area (TPSA) is 30.5 Å². The lowest BCUT2D eigenvalue weighted by Crippen LogP contribution is -2.13. The van der Waals surface area contributed by atoms with Gasteiger partial charge in [-0.15, -0.1) is 0 Å². The molecule has 0 aliphatic carbocycles. The monoisotopic (exact) mass is 401 g/mol. The molecular formula is C22H21Cl2NO2. The predicted molar refractivity (Wildman–Crippen MR) is 111 cm³/mol. The number of halogens is 2. The lowest BCUT2D eigenvalue weighted by Gasteiger charge is -2.11. The van der Waals surface area contributed by atoms with Gasteiger partial charge in [0.05, 0.1) is 7.11 Å². The highest BCUT2D eigenvalue weighted by molar-refractivity contribution is 6.35. The Hall–Kier alpha value is -2.20. The van der Waals surface area contributed by atoms with Crippen LogP contribution in [0.1, 0.15) is 16.7 Å². The van der Waals surface area contributed by atoms with E-state index >= 15 is 0 Å². The van der Waals surface area contributed by atoms with Gasteiger partial charge in [-0.05, 0) is 35.9 Å². The summed E-state index contributed by atoms with van der Waals surface area (Å²) < 4.78 is 11.2. The molecule has 3 aromatic carbocycles. The lowest BCUT2D eigenvalue weighted by molar-refractivity contribution is 0.306. The summed E-state index contributed by atoms with van der Waals surface area (Å²) in [5.41, 5.74) is 3.10. The molecule has 3 aromatic rings. The third-order valence-corrected chi connectivity index (χ3v) is 4.91. The van der Waals surface area contributed by atoms with Gasteiger partial charge < -0.3 is 14.8 Å². The van der Waals surface area contributed by atoms with Crippen molar-refractivity contribution in [2.45, 2.75) is 19.7 Å². The van der Waals surface area contributed by atoms with Crippen molar-refractivity contribution in [3.05, 3.63) is 93.5 Å². The van der Waals surface area contributed by atoms with Gasteiger partial charge in [-0.25, -0.2) is 0 Å². The van der Waals surface area contributed by atoms with Gasteiger partial charge in [0, 0.05) is 34.3 Å². The minimum atomic E-state index is 0.337. The maximum atomic E-state index is 6.17. The summed E-state index contributed by atoms with van der Waals surface area (Å²) in [5, 5.41) is 4.65. The Labute approximate surface area is 169 Å². The smallest absolute Gasteiger partial charge is 0.123 e. The minimum absolute atomic E-state index is 0.337. The third-order valence-electron chi connectivity index (χ3n) is 4.21. The molecule has 0 amide bonds. The van der Waals surface area contributed by atoms with E-state index in [-0.39, 0.29) is 0 Å². The van der Waals surface area contributed by atoms with Gasteiger partial charge in [-0.1, -0.05) is 59.6 Å². The van der Waals surface area contributed by atoms with Crippen molar-refractivity contribution in [3.63, 3.8) is 0 Å². The van der Waals surface area contributed by atoms with Crippen LogP contribution in [0.25, 0.3) is 0 Å². The number of hydrogen-bond donors (Lipinski definition) is 1. The Balaban J connectivity index is 1.51. The van der Waals surface area contributed by atoms with E-state index in [1.807, 2.05) is 60.7 Å². The van der Waals surface area contributed by atoms with E-state index in [1.165, 1.54) is 5.56 Å². The standard InChI is InChI=1S/C22H21Cl2NO2/c1-26-22-8-3-2-5-17(22)14-25-13-16-9-11-18(12-10-16)27-15-19-20(23)6-4-7-21(19)24/h2-12,25H,13-15H2,1H3. The van der Waals surface area contributed by atoms with Crippen LogP contribution in [0.4, 0.5) is 0 Å². The van der Waals surface area contributed by atoms with Gasteiger partial charge in [-0.3, -0.25) is 0 Å². The van der Waals surface area contributed by atoms with Crippen molar-refractivity contribution in [1.82, 2.24) is 5.32 Å². The van der Waals surface area contributed by atoms with E-state index in [2.05, 4.69) is 11.4 Å². The first-order valence-electron chi connectivity index (χ1n) is 8.64. The number of hydrogen-bond acceptors (Lipinski definition) is 3. The van der Waals surface area contributed by atoms with Crippen molar-refractivity contribution in [2.24, 2.45) is 0 Å². The molecule has 0 saturated heterocycles. The van der Waals surface area contributed by atoms with Crippen molar-refractivity contribution in [3.8, 4) is 11.5 Å². The maximum absolute atomic E-state index is 6.17. The van der Waals surface area contributed by atoms with Crippen molar-refractivity contribution < 1.29 is 9.47 Å². The molecule has 0 aliphatic rings. The Morgan fingerprint density at radius 3 is 2.22 bits per heavy atom. The van der Waals surface area contributed by atoms with Crippen LogP contribution >= 0.6 is 23.2 Å². The van der Waals surface area contributed by atoms with Gasteiger partial charge >= 0.3 is 0 Å². The Bertz CT molecular complexity index is 861. The van der Waals surface area contributed by atoms with Crippen LogP contribution in [0.5, 0.6) is 11.5 Å². The molecule has 140 valence electrons. The molecule has 0 saturated carbocycles. The molecule has 0 radical (unpaired) electrons. The molecule has 3 rings (SSSR count). The fourth-order valence-electron chi connectivity index (χ4n) is 2.72. The minimum Gasteiger partial charge on any atom is -0.496 e. The molecule has 0 atom stereocenters. The summed E-state index contributed by atoms with van der Waals surface area (Å²) in [5.74, 6) is 1.67. The first kappa shape index (κ1) is 19.6. The summed E-state index contributed by atoms with van der Waals surface area (Å²) >= 11 is 12.3. The third kappa shape index (κ3) is 5.39. The van der Waals surface area contributed by atoms with E-state index in [0.29, 0.717) is 16.7 Å². The molecule has 5 heteroatoms. The lowest BCUT2D eigenvalue weighted by atomic mass is 10.2. The molecule has 1 N–H and O–H groups in total. The Morgan fingerprint density at radius 1 is 0.815 bits per heavy atom. The molecule has 0 aliphatic heterocycles. The van der Waals surface area contributed by atoms with E-state index < -0.39 is 0 Å². The normalized spacial score (nSPS) is 10.6. The Kier molecular flexibility index (Phi) is 6.99. The summed E-state index contributed by atoms with van der Waals surface area (Å²) in [6, 6.07) is 21.4. The van der Waals surface area contributed by atoms with Crippen LogP contribution in [0.3, 0.4) is 0 Å². The van der Waals surface area contributed by atoms with E-state index in [9.17, 15) is 0 Å². The predicted octanol–water partition coefficient (Wildman–Crippen LogP) is 5.87. The first-order valence-corrected chi connectivity index (χ1v) is 9.40. The Morgan fingerprint density at radius 2 is 1.52 bits per heavy atom.